The van der Waals surface area contributed by atoms with Crippen molar-refractivity contribution in [3.63, 3.8) is 0 Å². The lowest BCUT2D eigenvalue weighted by atomic mass is 10.4. The number of nitrogens with zero attached hydrogens (tertiary/aromatic N) is 2. The van der Waals surface area contributed by atoms with E-state index >= 15 is 0 Å². The minimum atomic E-state index is 0.771. The van der Waals surface area contributed by atoms with E-state index in [1.54, 1.807) is 12.4 Å². The maximum atomic E-state index is 4.22. The van der Waals surface area contributed by atoms with Gasteiger partial charge in [-0.1, -0.05) is 0 Å². The van der Waals surface area contributed by atoms with E-state index in [1.165, 1.54) is 0 Å². The first-order valence-electron chi connectivity index (χ1n) is 3.96. The summed E-state index contributed by atoms with van der Waals surface area (Å²) < 4.78 is 0. The molecule has 0 aromatic carbocycles. The molecule has 12 heavy (non-hydrogen) atoms. The minimum Gasteiger partial charge on any atom is -0.314 e. The normalized spacial score (nSPS) is 10.2. The molecule has 1 aromatic heterocycles. The van der Waals surface area contributed by atoms with Crippen molar-refractivity contribution in [2.24, 2.45) is 0 Å². The second kappa shape index (κ2) is 4.79. The summed E-state index contributed by atoms with van der Waals surface area (Å²) in [5, 5.41) is 6.03. The van der Waals surface area contributed by atoms with Crippen LogP contribution in [-0.2, 0) is 13.1 Å². The van der Waals surface area contributed by atoms with E-state index in [1.807, 2.05) is 14.1 Å². The second-order valence-corrected chi connectivity index (χ2v) is 2.56. The molecule has 0 amide bonds. The highest BCUT2D eigenvalue weighted by atomic mass is 14.9. The van der Waals surface area contributed by atoms with Crippen molar-refractivity contribution in [3.05, 3.63) is 23.8 Å². The molecule has 0 aliphatic heterocycles. The highest BCUT2D eigenvalue weighted by Gasteiger charge is 1.94. The zero-order chi connectivity index (χ0) is 8.81. The highest BCUT2D eigenvalue weighted by Crippen LogP contribution is 1.94. The monoisotopic (exact) mass is 166 g/mol. The van der Waals surface area contributed by atoms with Gasteiger partial charge >= 0.3 is 0 Å². The van der Waals surface area contributed by atoms with Crippen molar-refractivity contribution in [2.45, 2.75) is 13.1 Å². The Morgan fingerprint density at radius 3 is 1.67 bits per heavy atom. The van der Waals surface area contributed by atoms with Crippen molar-refractivity contribution in [3.8, 4) is 0 Å². The molecule has 0 unspecified atom stereocenters. The first kappa shape index (κ1) is 9.09. The van der Waals surface area contributed by atoms with E-state index in [0.717, 1.165) is 24.5 Å². The van der Waals surface area contributed by atoms with Gasteiger partial charge in [-0.3, -0.25) is 9.97 Å². The predicted molar refractivity (Wildman–Crippen MR) is 47.6 cm³/mol. The van der Waals surface area contributed by atoms with Gasteiger partial charge in [0.2, 0.25) is 0 Å². The van der Waals surface area contributed by atoms with Crippen molar-refractivity contribution in [1.29, 1.82) is 0 Å². The van der Waals surface area contributed by atoms with Crippen LogP contribution in [0.3, 0.4) is 0 Å². The molecule has 0 spiro atoms. The molecule has 4 heteroatoms. The average Bonchev–Trinajstić information content (AvgIpc) is 2.09. The van der Waals surface area contributed by atoms with Gasteiger partial charge in [-0.15, -0.1) is 0 Å². The van der Waals surface area contributed by atoms with Crippen LogP contribution in [0.15, 0.2) is 12.4 Å². The van der Waals surface area contributed by atoms with Gasteiger partial charge in [0, 0.05) is 13.1 Å². The Morgan fingerprint density at radius 2 is 1.42 bits per heavy atom. The lowest BCUT2D eigenvalue weighted by Crippen LogP contribution is -2.10. The summed E-state index contributed by atoms with van der Waals surface area (Å²) in [4.78, 5) is 8.44. The smallest absolute Gasteiger partial charge is 0.0724 e. The summed E-state index contributed by atoms with van der Waals surface area (Å²) >= 11 is 0. The standard InChI is InChI=1S/C8H14N4/c1-9-3-7-5-12-8(4-10-2)6-11-7/h5-6,9-10H,3-4H2,1-2H3. The van der Waals surface area contributed by atoms with Crippen LogP contribution >= 0.6 is 0 Å². The molecule has 1 heterocycles. The van der Waals surface area contributed by atoms with Crippen LogP contribution in [0.2, 0.25) is 0 Å². The Morgan fingerprint density at radius 1 is 1.00 bits per heavy atom. The van der Waals surface area contributed by atoms with E-state index in [0.29, 0.717) is 0 Å². The topological polar surface area (TPSA) is 49.8 Å². The quantitative estimate of drug-likeness (QED) is 0.656. The molecule has 0 aliphatic rings. The molecule has 1 rings (SSSR count). The average molecular weight is 166 g/mol. The van der Waals surface area contributed by atoms with E-state index in [2.05, 4.69) is 20.6 Å². The van der Waals surface area contributed by atoms with Crippen LogP contribution in [0.1, 0.15) is 11.4 Å². The van der Waals surface area contributed by atoms with E-state index in [9.17, 15) is 0 Å². The van der Waals surface area contributed by atoms with Gasteiger partial charge in [0.15, 0.2) is 0 Å². The summed E-state index contributed by atoms with van der Waals surface area (Å²) in [5.41, 5.74) is 1.94. The van der Waals surface area contributed by atoms with Gasteiger partial charge in [0.25, 0.3) is 0 Å². The van der Waals surface area contributed by atoms with Crippen molar-refractivity contribution >= 4 is 0 Å². The van der Waals surface area contributed by atoms with Crippen LogP contribution in [0.4, 0.5) is 0 Å². The van der Waals surface area contributed by atoms with Crippen LogP contribution in [0.25, 0.3) is 0 Å². The number of rotatable bonds is 4. The minimum absolute atomic E-state index is 0.771. The Kier molecular flexibility index (Phi) is 3.63. The third-order valence-electron chi connectivity index (χ3n) is 1.47. The summed E-state index contributed by atoms with van der Waals surface area (Å²) in [6.07, 6.45) is 3.59. The zero-order valence-corrected chi connectivity index (χ0v) is 7.46. The third-order valence-corrected chi connectivity index (χ3v) is 1.47. The Hall–Kier alpha value is -1.00. The van der Waals surface area contributed by atoms with Crippen molar-refractivity contribution in [2.75, 3.05) is 14.1 Å². The fraction of sp³-hybridized carbons (Fsp3) is 0.500. The van der Waals surface area contributed by atoms with Gasteiger partial charge in [0.1, 0.15) is 0 Å². The maximum absolute atomic E-state index is 4.22. The van der Waals surface area contributed by atoms with Gasteiger partial charge in [-0.25, -0.2) is 0 Å². The van der Waals surface area contributed by atoms with Crippen molar-refractivity contribution < 1.29 is 0 Å². The molecule has 0 radical (unpaired) electrons. The number of aromatic nitrogens is 2. The van der Waals surface area contributed by atoms with Crippen molar-refractivity contribution in [1.82, 2.24) is 20.6 Å². The van der Waals surface area contributed by atoms with E-state index in [-0.39, 0.29) is 0 Å². The molecule has 0 saturated heterocycles. The first-order valence-corrected chi connectivity index (χ1v) is 3.96. The Bertz CT molecular complexity index is 194. The third kappa shape index (κ3) is 2.56. The lowest BCUT2D eigenvalue weighted by molar-refractivity contribution is 0.753. The molecule has 0 fully saturated rings. The largest absolute Gasteiger partial charge is 0.314 e. The van der Waals surface area contributed by atoms with E-state index in [4.69, 9.17) is 0 Å². The molecule has 0 saturated carbocycles. The fourth-order valence-electron chi connectivity index (χ4n) is 0.926. The highest BCUT2D eigenvalue weighted by molar-refractivity contribution is 5.01. The maximum Gasteiger partial charge on any atom is 0.0724 e. The number of nitrogens with one attached hydrogen (secondary N) is 2. The molecule has 0 aliphatic carbocycles. The van der Waals surface area contributed by atoms with Gasteiger partial charge in [-0.2, -0.15) is 0 Å². The lowest BCUT2D eigenvalue weighted by Gasteiger charge is -2.00. The Labute approximate surface area is 72.4 Å². The molecule has 2 N–H and O–H groups in total. The summed E-state index contributed by atoms with van der Waals surface area (Å²) in [6.45, 7) is 1.54. The molecular formula is C8H14N4. The number of hydrogen-bond acceptors (Lipinski definition) is 4. The molecule has 66 valence electrons. The predicted octanol–water partition coefficient (Wildman–Crippen LogP) is -0.0846. The van der Waals surface area contributed by atoms with Crippen LogP contribution < -0.4 is 10.6 Å². The van der Waals surface area contributed by atoms with Crippen LogP contribution in [-0.4, -0.2) is 24.1 Å². The van der Waals surface area contributed by atoms with Gasteiger partial charge in [-0.05, 0) is 14.1 Å². The summed E-state index contributed by atoms with van der Waals surface area (Å²) in [6, 6.07) is 0. The van der Waals surface area contributed by atoms with Crippen LogP contribution in [0, 0.1) is 0 Å². The zero-order valence-electron chi connectivity index (χ0n) is 7.46. The first-order chi connectivity index (χ1) is 5.86. The van der Waals surface area contributed by atoms with Gasteiger partial charge in [0.05, 0.1) is 23.8 Å². The van der Waals surface area contributed by atoms with E-state index < -0.39 is 0 Å². The SMILES string of the molecule is CNCc1cnc(CNC)cn1. The molecule has 0 bridgehead atoms. The summed E-state index contributed by atoms with van der Waals surface area (Å²) in [7, 11) is 3.78. The molecule has 4 nitrogen and oxygen atoms in total. The Balaban J connectivity index is 2.58. The number of hydrogen-bond donors (Lipinski definition) is 2. The summed E-state index contributed by atoms with van der Waals surface area (Å²) in [5.74, 6) is 0. The van der Waals surface area contributed by atoms with Gasteiger partial charge < -0.3 is 10.6 Å². The van der Waals surface area contributed by atoms with Crippen LogP contribution in [0.5, 0.6) is 0 Å². The molecular weight excluding hydrogens is 152 g/mol. The second-order valence-electron chi connectivity index (χ2n) is 2.56. The fourth-order valence-corrected chi connectivity index (χ4v) is 0.926. The molecule has 0 atom stereocenters. The molecule has 1 aromatic rings.